The molecule has 0 saturated carbocycles. The van der Waals surface area contributed by atoms with Crippen molar-refractivity contribution in [1.82, 2.24) is 19.8 Å². The van der Waals surface area contributed by atoms with Crippen LogP contribution in [-0.4, -0.2) is 89.1 Å². The second-order valence-electron chi connectivity index (χ2n) is 9.14. The minimum absolute atomic E-state index is 0.0814. The Morgan fingerprint density at radius 2 is 1.83 bits per heavy atom. The fraction of sp³-hybridized carbons (Fsp3) is 0.458. The second-order valence-corrected chi connectivity index (χ2v) is 9.14. The molecule has 3 heterocycles. The zero-order valence-electron chi connectivity index (χ0n) is 20.0. The Morgan fingerprint density at radius 1 is 1.14 bits per heavy atom. The van der Waals surface area contributed by atoms with Gasteiger partial charge in [0.1, 0.15) is 5.82 Å². The number of anilines is 3. The normalized spacial score (nSPS) is 18.3. The summed E-state index contributed by atoms with van der Waals surface area (Å²) < 4.78 is 41.4. The van der Waals surface area contributed by atoms with E-state index < -0.39 is 24.2 Å². The molecule has 0 bridgehead atoms. The Labute approximate surface area is 207 Å². The molecule has 2 N–H and O–H groups in total. The van der Waals surface area contributed by atoms with Crippen molar-refractivity contribution in [2.75, 3.05) is 56.5 Å². The number of pyridine rings is 1. The molecule has 0 radical (unpaired) electrons. The van der Waals surface area contributed by atoms with Crippen LogP contribution < -0.4 is 10.2 Å². The van der Waals surface area contributed by atoms with Gasteiger partial charge in [-0.15, -0.1) is 0 Å². The third kappa shape index (κ3) is 6.43. The van der Waals surface area contributed by atoms with Crippen molar-refractivity contribution in [3.63, 3.8) is 0 Å². The number of hydrogen-bond donors (Lipinski definition) is 2. The summed E-state index contributed by atoms with van der Waals surface area (Å²) in [4.78, 5) is 33.2. The number of hydrogen-bond acceptors (Lipinski definition) is 7. The predicted molar refractivity (Wildman–Crippen MR) is 127 cm³/mol. The number of hydroxylamine groups is 2. The van der Waals surface area contributed by atoms with Crippen molar-refractivity contribution in [2.24, 2.45) is 0 Å². The average molecular weight is 507 g/mol. The van der Waals surface area contributed by atoms with Gasteiger partial charge in [0, 0.05) is 63.5 Å². The maximum Gasteiger partial charge on any atom is 0.260 e. The SMILES string of the molecule is CN1CCN(CC(=O)N(O)Cc2ncc(Nc3ccc(N4CCC(F)(F)CC4)cc3)cc2F)CC1=O. The zero-order valence-corrected chi connectivity index (χ0v) is 20.0. The number of rotatable bonds is 7. The summed E-state index contributed by atoms with van der Waals surface area (Å²) in [5, 5.41) is 13.5. The topological polar surface area (TPSA) is 92.2 Å². The van der Waals surface area contributed by atoms with Crippen molar-refractivity contribution in [3.8, 4) is 0 Å². The number of nitrogens with zero attached hydrogens (tertiary/aromatic N) is 5. The number of carbonyl (C=O) groups excluding carboxylic acids is 2. The first-order chi connectivity index (χ1) is 17.1. The molecule has 2 aliphatic heterocycles. The van der Waals surface area contributed by atoms with Gasteiger partial charge in [-0.3, -0.25) is 24.7 Å². The monoisotopic (exact) mass is 506 g/mol. The number of nitrogens with one attached hydrogen (secondary N) is 1. The van der Waals surface area contributed by atoms with Gasteiger partial charge in [0.25, 0.3) is 11.8 Å². The molecular weight excluding hydrogens is 477 g/mol. The average Bonchev–Trinajstić information content (AvgIpc) is 2.84. The first-order valence-electron chi connectivity index (χ1n) is 11.7. The van der Waals surface area contributed by atoms with Crippen LogP contribution in [0.15, 0.2) is 36.5 Å². The first kappa shape index (κ1) is 25.7. The molecule has 1 aromatic carbocycles. The van der Waals surface area contributed by atoms with E-state index in [2.05, 4.69) is 10.3 Å². The number of alkyl halides is 2. The Kier molecular flexibility index (Phi) is 7.65. The molecule has 2 amide bonds. The number of piperazine rings is 1. The number of likely N-dealkylation sites (N-methyl/N-ethyl adjacent to an activating group) is 1. The van der Waals surface area contributed by atoms with Crippen LogP contribution in [0.4, 0.5) is 30.2 Å². The van der Waals surface area contributed by atoms with E-state index >= 15 is 0 Å². The number of carbonyl (C=O) groups is 2. The number of amides is 2. The Hall–Kier alpha value is -3.38. The van der Waals surface area contributed by atoms with E-state index in [1.165, 1.54) is 12.3 Å². The highest BCUT2D eigenvalue weighted by Crippen LogP contribution is 2.31. The van der Waals surface area contributed by atoms with Crippen LogP contribution >= 0.6 is 0 Å². The quantitative estimate of drug-likeness (QED) is 0.441. The van der Waals surface area contributed by atoms with Crippen molar-refractivity contribution < 1.29 is 28.0 Å². The van der Waals surface area contributed by atoms with Crippen molar-refractivity contribution in [2.45, 2.75) is 25.3 Å². The molecule has 36 heavy (non-hydrogen) atoms. The minimum Gasteiger partial charge on any atom is -0.371 e. The lowest BCUT2D eigenvalue weighted by Gasteiger charge is -2.33. The van der Waals surface area contributed by atoms with Gasteiger partial charge in [-0.1, -0.05) is 0 Å². The van der Waals surface area contributed by atoms with E-state index in [-0.39, 0.29) is 50.6 Å². The Balaban J connectivity index is 1.30. The smallest absolute Gasteiger partial charge is 0.260 e. The number of benzene rings is 1. The molecule has 0 unspecified atom stereocenters. The van der Waals surface area contributed by atoms with Crippen LogP contribution in [0.2, 0.25) is 0 Å². The summed E-state index contributed by atoms with van der Waals surface area (Å²) in [7, 11) is 1.68. The summed E-state index contributed by atoms with van der Waals surface area (Å²) in [5.74, 6) is -4.08. The van der Waals surface area contributed by atoms with Gasteiger partial charge < -0.3 is 15.1 Å². The third-order valence-corrected chi connectivity index (χ3v) is 6.42. The molecule has 194 valence electrons. The summed E-state index contributed by atoms with van der Waals surface area (Å²) in [6.45, 7) is 1.05. The molecule has 0 aliphatic carbocycles. The van der Waals surface area contributed by atoms with Gasteiger partial charge >= 0.3 is 0 Å². The standard InChI is InChI=1S/C24H29F3N6O3/c1-30-10-11-31(15-22(30)34)16-23(35)33(36)14-21-20(25)12-18(13-28-21)29-17-2-4-19(5-3-17)32-8-6-24(26,27)7-9-32/h2-5,12-13,29,36H,6-11,14-16H2,1H3. The van der Waals surface area contributed by atoms with Gasteiger partial charge in [-0.2, -0.15) is 0 Å². The molecule has 2 saturated heterocycles. The number of halogens is 3. The van der Waals surface area contributed by atoms with Gasteiger partial charge in [0.05, 0.1) is 37.2 Å². The van der Waals surface area contributed by atoms with E-state index in [4.69, 9.17) is 0 Å². The molecule has 2 aliphatic rings. The predicted octanol–water partition coefficient (Wildman–Crippen LogP) is 2.69. The molecular formula is C24H29F3N6O3. The van der Waals surface area contributed by atoms with E-state index in [1.807, 2.05) is 17.0 Å². The van der Waals surface area contributed by atoms with E-state index in [0.717, 1.165) is 5.69 Å². The fourth-order valence-corrected chi connectivity index (χ4v) is 4.11. The van der Waals surface area contributed by atoms with Crippen LogP contribution in [0, 0.1) is 5.82 Å². The lowest BCUT2D eigenvalue weighted by molar-refractivity contribution is -0.170. The molecule has 0 spiro atoms. The maximum atomic E-state index is 14.6. The summed E-state index contributed by atoms with van der Waals surface area (Å²) in [6.07, 6.45) is 1.05. The van der Waals surface area contributed by atoms with E-state index in [1.54, 1.807) is 29.0 Å². The van der Waals surface area contributed by atoms with Gasteiger partial charge in [-0.05, 0) is 24.3 Å². The molecule has 1 aromatic heterocycles. The highest BCUT2D eigenvalue weighted by molar-refractivity contribution is 5.81. The number of piperidine rings is 1. The number of aromatic nitrogens is 1. The fourth-order valence-electron chi connectivity index (χ4n) is 4.11. The second kappa shape index (κ2) is 10.7. The molecule has 9 nitrogen and oxygen atoms in total. The Bertz CT molecular complexity index is 1090. The van der Waals surface area contributed by atoms with Gasteiger partial charge in [0.2, 0.25) is 5.91 Å². The molecule has 2 aromatic rings. The lowest BCUT2D eigenvalue weighted by atomic mass is 10.1. The van der Waals surface area contributed by atoms with Crippen LogP contribution in [0.1, 0.15) is 18.5 Å². The molecule has 0 atom stereocenters. The van der Waals surface area contributed by atoms with Crippen LogP contribution in [0.3, 0.4) is 0 Å². The van der Waals surface area contributed by atoms with Crippen LogP contribution in [0.5, 0.6) is 0 Å². The van der Waals surface area contributed by atoms with Gasteiger partial charge in [-0.25, -0.2) is 18.2 Å². The van der Waals surface area contributed by atoms with Crippen molar-refractivity contribution in [1.29, 1.82) is 0 Å². The summed E-state index contributed by atoms with van der Waals surface area (Å²) in [5.41, 5.74) is 1.76. The largest absolute Gasteiger partial charge is 0.371 e. The Morgan fingerprint density at radius 3 is 2.47 bits per heavy atom. The van der Waals surface area contributed by atoms with Crippen LogP contribution in [0.25, 0.3) is 0 Å². The third-order valence-electron chi connectivity index (χ3n) is 6.42. The highest BCUT2D eigenvalue weighted by Gasteiger charge is 2.34. The van der Waals surface area contributed by atoms with Crippen molar-refractivity contribution in [3.05, 3.63) is 48.0 Å². The minimum atomic E-state index is -2.60. The molecule has 2 fully saturated rings. The van der Waals surface area contributed by atoms with Crippen LogP contribution in [-0.2, 0) is 16.1 Å². The summed E-state index contributed by atoms with van der Waals surface area (Å²) >= 11 is 0. The van der Waals surface area contributed by atoms with E-state index in [9.17, 15) is 28.0 Å². The zero-order chi connectivity index (χ0) is 25.9. The highest BCUT2D eigenvalue weighted by atomic mass is 19.3. The molecule has 4 rings (SSSR count). The summed E-state index contributed by atoms with van der Waals surface area (Å²) in [6, 6.07) is 8.37. The van der Waals surface area contributed by atoms with Crippen molar-refractivity contribution >= 4 is 28.9 Å². The lowest BCUT2D eigenvalue weighted by Crippen LogP contribution is -2.51. The first-order valence-corrected chi connectivity index (χ1v) is 11.7. The maximum absolute atomic E-state index is 14.6. The van der Waals surface area contributed by atoms with Gasteiger partial charge in [0.15, 0.2) is 0 Å². The molecule has 12 heteroatoms. The van der Waals surface area contributed by atoms with E-state index in [0.29, 0.717) is 29.5 Å².